The molecule has 1 rings (SSSR count). The van der Waals surface area contributed by atoms with Crippen LogP contribution in [-0.4, -0.2) is 43.2 Å². The Morgan fingerprint density at radius 3 is 2.81 bits per heavy atom. The van der Waals surface area contributed by atoms with E-state index in [4.69, 9.17) is 9.84 Å². The largest absolute Gasteiger partial charge is 0.496 e. The molecule has 5 heteroatoms. The van der Waals surface area contributed by atoms with Crippen LogP contribution in [0.5, 0.6) is 5.75 Å². The summed E-state index contributed by atoms with van der Waals surface area (Å²) in [6.45, 7) is 0.902. The van der Waals surface area contributed by atoms with Gasteiger partial charge in [-0.15, -0.1) is 0 Å². The van der Waals surface area contributed by atoms with E-state index in [0.717, 1.165) is 35.0 Å². The molecule has 1 N–H and O–H groups in total. The molecule has 1 amide bonds. The molecule has 116 valence electrons. The number of amides is 1. The fraction of sp³-hybridized carbons (Fsp3) is 0.438. The normalized spacial score (nSPS) is 10.9. The number of hydrogen-bond acceptors (Lipinski definition) is 3. The number of rotatable bonds is 8. The van der Waals surface area contributed by atoms with Gasteiger partial charge in [0.1, 0.15) is 5.75 Å². The number of carbonyl (C=O) groups is 1. The van der Waals surface area contributed by atoms with Crippen LogP contribution in [0, 0.1) is 0 Å². The minimum absolute atomic E-state index is 0.0407. The van der Waals surface area contributed by atoms with Crippen LogP contribution in [0.1, 0.15) is 24.8 Å². The Balaban J connectivity index is 2.59. The average Bonchev–Trinajstić information content (AvgIpc) is 2.49. The van der Waals surface area contributed by atoms with Crippen molar-refractivity contribution in [2.75, 3.05) is 27.3 Å². The minimum atomic E-state index is -0.0407. The van der Waals surface area contributed by atoms with Gasteiger partial charge in [-0.05, 0) is 43.5 Å². The van der Waals surface area contributed by atoms with E-state index in [1.54, 1.807) is 31.2 Å². The highest BCUT2D eigenvalue weighted by atomic mass is 79.9. The molecule has 0 fully saturated rings. The molecule has 0 heterocycles. The number of hydrogen-bond donors (Lipinski definition) is 1. The van der Waals surface area contributed by atoms with Gasteiger partial charge in [-0.1, -0.05) is 15.9 Å². The van der Waals surface area contributed by atoms with Crippen LogP contribution in [0.2, 0.25) is 0 Å². The van der Waals surface area contributed by atoms with E-state index >= 15 is 0 Å². The van der Waals surface area contributed by atoms with Crippen LogP contribution < -0.4 is 4.74 Å². The standard InChI is InChI=1S/C16H22BrNO3/c1-18(10-4-3-5-11-19)16(20)9-6-13-12-14(17)7-8-15(13)21-2/h6-9,12,19H,3-5,10-11H2,1-2H3/b9-6+. The molecule has 0 spiro atoms. The quantitative estimate of drug-likeness (QED) is 0.575. The molecule has 0 bridgehead atoms. The molecule has 4 nitrogen and oxygen atoms in total. The second-order valence-electron chi connectivity index (χ2n) is 4.76. The lowest BCUT2D eigenvalue weighted by atomic mass is 10.2. The number of benzene rings is 1. The summed E-state index contributed by atoms with van der Waals surface area (Å²) in [6.07, 6.45) is 5.92. The van der Waals surface area contributed by atoms with Crippen LogP contribution in [-0.2, 0) is 4.79 Å². The van der Waals surface area contributed by atoms with Gasteiger partial charge < -0.3 is 14.7 Å². The molecule has 0 radical (unpaired) electrons. The molecule has 0 aromatic heterocycles. The highest BCUT2D eigenvalue weighted by molar-refractivity contribution is 9.10. The van der Waals surface area contributed by atoms with Crippen LogP contribution in [0.3, 0.4) is 0 Å². The van der Waals surface area contributed by atoms with E-state index < -0.39 is 0 Å². The van der Waals surface area contributed by atoms with Gasteiger partial charge in [0.15, 0.2) is 0 Å². The first-order chi connectivity index (χ1) is 10.1. The number of unbranched alkanes of at least 4 members (excludes halogenated alkanes) is 2. The van der Waals surface area contributed by atoms with Crippen LogP contribution in [0.15, 0.2) is 28.7 Å². The molecule has 0 atom stereocenters. The van der Waals surface area contributed by atoms with E-state index in [9.17, 15) is 4.79 Å². The third-order valence-corrected chi connectivity index (χ3v) is 3.62. The Kier molecular flexibility index (Phi) is 8.08. The Labute approximate surface area is 134 Å². The van der Waals surface area contributed by atoms with Crippen molar-refractivity contribution in [3.05, 3.63) is 34.3 Å². The third kappa shape index (κ3) is 6.31. The van der Waals surface area contributed by atoms with Crippen molar-refractivity contribution in [3.63, 3.8) is 0 Å². The fourth-order valence-electron chi connectivity index (χ4n) is 1.87. The lowest BCUT2D eigenvalue weighted by Gasteiger charge is -2.14. The number of halogens is 1. The summed E-state index contributed by atoms with van der Waals surface area (Å²) in [5.74, 6) is 0.689. The number of ether oxygens (including phenoxy) is 1. The lowest BCUT2D eigenvalue weighted by Crippen LogP contribution is -2.25. The first-order valence-corrected chi connectivity index (χ1v) is 7.75. The zero-order valence-electron chi connectivity index (χ0n) is 12.5. The topological polar surface area (TPSA) is 49.8 Å². The van der Waals surface area contributed by atoms with Crippen LogP contribution in [0.25, 0.3) is 6.08 Å². The Hall–Kier alpha value is -1.33. The molecule has 0 unspecified atom stereocenters. The van der Waals surface area contributed by atoms with Crippen molar-refractivity contribution in [1.29, 1.82) is 0 Å². The predicted molar refractivity (Wildman–Crippen MR) is 88.3 cm³/mol. The van der Waals surface area contributed by atoms with Crippen molar-refractivity contribution in [3.8, 4) is 5.75 Å². The van der Waals surface area contributed by atoms with Gasteiger partial charge in [0, 0.05) is 36.3 Å². The third-order valence-electron chi connectivity index (χ3n) is 3.13. The zero-order chi connectivity index (χ0) is 15.7. The number of carbonyl (C=O) groups excluding carboxylic acids is 1. The molecule has 0 aliphatic heterocycles. The molecule has 0 aliphatic rings. The number of likely N-dealkylation sites (N-methyl/N-ethyl adjacent to an activating group) is 1. The minimum Gasteiger partial charge on any atom is -0.496 e. The summed E-state index contributed by atoms with van der Waals surface area (Å²) in [7, 11) is 3.39. The monoisotopic (exact) mass is 355 g/mol. The van der Waals surface area contributed by atoms with Crippen molar-refractivity contribution in [2.24, 2.45) is 0 Å². The molecular weight excluding hydrogens is 334 g/mol. The summed E-state index contributed by atoms with van der Waals surface area (Å²) in [4.78, 5) is 13.7. The van der Waals surface area contributed by atoms with Gasteiger partial charge in [0.05, 0.1) is 7.11 Å². The predicted octanol–water partition coefficient (Wildman–Crippen LogP) is 3.09. The van der Waals surface area contributed by atoms with Gasteiger partial charge in [-0.3, -0.25) is 4.79 Å². The maximum absolute atomic E-state index is 12.0. The Bertz CT molecular complexity index is 488. The first-order valence-electron chi connectivity index (χ1n) is 6.96. The maximum atomic E-state index is 12.0. The zero-order valence-corrected chi connectivity index (χ0v) is 14.1. The summed E-state index contributed by atoms with van der Waals surface area (Å²) < 4.78 is 6.20. The number of nitrogens with zero attached hydrogens (tertiary/aromatic N) is 1. The average molecular weight is 356 g/mol. The van der Waals surface area contributed by atoms with Gasteiger partial charge in [0.25, 0.3) is 0 Å². The number of aliphatic hydroxyl groups is 1. The van der Waals surface area contributed by atoms with E-state index in [1.165, 1.54) is 0 Å². The fourth-order valence-corrected chi connectivity index (χ4v) is 2.25. The van der Waals surface area contributed by atoms with Crippen molar-refractivity contribution in [2.45, 2.75) is 19.3 Å². The highest BCUT2D eigenvalue weighted by Gasteiger charge is 2.05. The first kappa shape index (κ1) is 17.7. The van der Waals surface area contributed by atoms with Crippen molar-refractivity contribution >= 4 is 27.9 Å². The van der Waals surface area contributed by atoms with E-state index in [1.807, 2.05) is 18.2 Å². The number of aliphatic hydroxyl groups excluding tert-OH is 1. The second-order valence-corrected chi connectivity index (χ2v) is 5.68. The molecule has 1 aromatic rings. The van der Waals surface area contributed by atoms with E-state index in [2.05, 4.69) is 15.9 Å². The SMILES string of the molecule is COc1ccc(Br)cc1/C=C/C(=O)N(C)CCCCCO. The molecular formula is C16H22BrNO3. The van der Waals surface area contributed by atoms with Gasteiger partial charge in [-0.2, -0.15) is 0 Å². The van der Waals surface area contributed by atoms with Crippen LogP contribution in [0.4, 0.5) is 0 Å². The molecule has 0 aliphatic carbocycles. The molecule has 21 heavy (non-hydrogen) atoms. The van der Waals surface area contributed by atoms with E-state index in [0.29, 0.717) is 6.54 Å². The second kappa shape index (κ2) is 9.58. The molecule has 0 saturated carbocycles. The van der Waals surface area contributed by atoms with Gasteiger partial charge in [0.2, 0.25) is 5.91 Å². The summed E-state index contributed by atoms with van der Waals surface area (Å²) >= 11 is 3.41. The highest BCUT2D eigenvalue weighted by Crippen LogP contribution is 2.24. The maximum Gasteiger partial charge on any atom is 0.246 e. The molecule has 0 saturated heterocycles. The summed E-state index contributed by atoms with van der Waals surface area (Å²) in [5.41, 5.74) is 0.855. The summed E-state index contributed by atoms with van der Waals surface area (Å²) in [5, 5.41) is 8.72. The Morgan fingerprint density at radius 1 is 1.38 bits per heavy atom. The van der Waals surface area contributed by atoms with Gasteiger partial charge in [-0.25, -0.2) is 0 Å². The lowest BCUT2D eigenvalue weighted by molar-refractivity contribution is -0.124. The summed E-state index contributed by atoms with van der Waals surface area (Å²) in [6, 6.07) is 5.65. The molecule has 1 aromatic carbocycles. The number of methoxy groups -OCH3 is 1. The van der Waals surface area contributed by atoms with E-state index in [-0.39, 0.29) is 12.5 Å². The smallest absolute Gasteiger partial charge is 0.246 e. The van der Waals surface area contributed by atoms with Crippen molar-refractivity contribution in [1.82, 2.24) is 4.90 Å². The Morgan fingerprint density at radius 2 is 2.14 bits per heavy atom. The van der Waals surface area contributed by atoms with Gasteiger partial charge >= 0.3 is 0 Å². The van der Waals surface area contributed by atoms with Crippen molar-refractivity contribution < 1.29 is 14.6 Å². The van der Waals surface area contributed by atoms with Crippen LogP contribution >= 0.6 is 15.9 Å².